The van der Waals surface area contributed by atoms with Crippen molar-refractivity contribution in [3.8, 4) is 5.75 Å². The Kier molecular flexibility index (Phi) is 6.04. The summed E-state index contributed by atoms with van der Waals surface area (Å²) in [4.78, 5) is 16.3. The van der Waals surface area contributed by atoms with Crippen LogP contribution >= 0.6 is 15.9 Å². The second-order valence-corrected chi connectivity index (χ2v) is 6.95. The van der Waals surface area contributed by atoms with Crippen molar-refractivity contribution in [2.75, 3.05) is 32.8 Å². The van der Waals surface area contributed by atoms with Crippen molar-refractivity contribution in [2.24, 2.45) is 0 Å². The highest BCUT2D eigenvalue weighted by molar-refractivity contribution is 9.10. The predicted molar refractivity (Wildman–Crippen MR) is 97.9 cm³/mol. The molecule has 0 radical (unpaired) electrons. The minimum absolute atomic E-state index is 0.00618. The van der Waals surface area contributed by atoms with Gasteiger partial charge in [-0.1, -0.05) is 28.1 Å². The van der Waals surface area contributed by atoms with Crippen LogP contribution in [0.25, 0.3) is 0 Å². The smallest absolute Gasteiger partial charge is 0.260 e. The van der Waals surface area contributed by atoms with E-state index in [0.29, 0.717) is 25.4 Å². The highest BCUT2D eigenvalue weighted by atomic mass is 79.9. The van der Waals surface area contributed by atoms with E-state index in [1.807, 2.05) is 35.2 Å². The number of benzene rings is 2. The van der Waals surface area contributed by atoms with Crippen LogP contribution in [0.4, 0.5) is 4.39 Å². The van der Waals surface area contributed by atoms with E-state index in [2.05, 4.69) is 20.8 Å². The monoisotopic (exact) mass is 406 g/mol. The average molecular weight is 407 g/mol. The summed E-state index contributed by atoms with van der Waals surface area (Å²) in [7, 11) is 0. The molecule has 0 atom stereocenters. The van der Waals surface area contributed by atoms with Crippen molar-refractivity contribution in [1.29, 1.82) is 0 Å². The number of ether oxygens (including phenoxy) is 1. The molecule has 1 aliphatic rings. The fourth-order valence-electron chi connectivity index (χ4n) is 2.82. The minimum atomic E-state index is -0.212. The number of hydrogen-bond donors (Lipinski definition) is 0. The highest BCUT2D eigenvalue weighted by Crippen LogP contribution is 2.16. The van der Waals surface area contributed by atoms with Gasteiger partial charge in [-0.3, -0.25) is 9.69 Å². The van der Waals surface area contributed by atoms with Gasteiger partial charge in [0.05, 0.1) is 0 Å². The van der Waals surface area contributed by atoms with Crippen LogP contribution in [0.1, 0.15) is 5.56 Å². The van der Waals surface area contributed by atoms with E-state index in [0.717, 1.165) is 23.1 Å². The van der Waals surface area contributed by atoms with Gasteiger partial charge in [0, 0.05) is 37.2 Å². The van der Waals surface area contributed by atoms with Crippen LogP contribution in [0.5, 0.6) is 5.75 Å². The summed E-state index contributed by atoms with van der Waals surface area (Å²) in [6.07, 6.45) is 0. The molecule has 0 unspecified atom stereocenters. The maximum Gasteiger partial charge on any atom is 0.260 e. The van der Waals surface area contributed by atoms with Gasteiger partial charge >= 0.3 is 0 Å². The molecule has 6 heteroatoms. The van der Waals surface area contributed by atoms with Crippen LogP contribution in [0, 0.1) is 5.82 Å². The van der Waals surface area contributed by atoms with Gasteiger partial charge in [0.2, 0.25) is 0 Å². The Morgan fingerprint density at radius 1 is 1.08 bits per heavy atom. The van der Waals surface area contributed by atoms with Gasteiger partial charge < -0.3 is 9.64 Å². The Morgan fingerprint density at radius 3 is 2.48 bits per heavy atom. The first-order valence-electron chi connectivity index (χ1n) is 8.23. The molecular formula is C19H20BrFN2O2. The van der Waals surface area contributed by atoms with Crippen LogP contribution in [-0.2, 0) is 11.3 Å². The van der Waals surface area contributed by atoms with Gasteiger partial charge in [-0.25, -0.2) is 4.39 Å². The molecule has 1 heterocycles. The van der Waals surface area contributed by atoms with Crippen LogP contribution < -0.4 is 4.74 Å². The molecule has 1 amide bonds. The number of nitrogens with zero attached hydrogens (tertiary/aromatic N) is 2. The largest absolute Gasteiger partial charge is 0.484 e. The summed E-state index contributed by atoms with van der Waals surface area (Å²) in [5.41, 5.74) is 0.957. The third-order valence-corrected chi connectivity index (χ3v) is 4.72. The van der Waals surface area contributed by atoms with Crippen LogP contribution in [0.3, 0.4) is 0 Å². The van der Waals surface area contributed by atoms with Gasteiger partial charge in [0.25, 0.3) is 5.91 Å². The normalized spacial score (nSPS) is 15.2. The van der Waals surface area contributed by atoms with E-state index in [9.17, 15) is 9.18 Å². The fraction of sp³-hybridized carbons (Fsp3) is 0.316. The molecule has 132 valence electrons. The molecule has 2 aromatic carbocycles. The second-order valence-electron chi connectivity index (χ2n) is 6.03. The maximum atomic E-state index is 13.2. The summed E-state index contributed by atoms with van der Waals surface area (Å²) in [6, 6.07) is 14.1. The second kappa shape index (κ2) is 8.45. The first-order chi connectivity index (χ1) is 12.1. The highest BCUT2D eigenvalue weighted by Gasteiger charge is 2.21. The predicted octanol–water partition coefficient (Wildman–Crippen LogP) is 3.31. The summed E-state index contributed by atoms with van der Waals surface area (Å²) in [5.74, 6) is 0.464. The van der Waals surface area contributed by atoms with E-state index in [4.69, 9.17) is 4.74 Å². The van der Waals surface area contributed by atoms with Gasteiger partial charge in [-0.15, -0.1) is 0 Å². The first kappa shape index (κ1) is 17.9. The van der Waals surface area contributed by atoms with Crippen molar-refractivity contribution in [3.05, 3.63) is 64.4 Å². The molecule has 0 aliphatic carbocycles. The Bertz CT molecular complexity index is 716. The summed E-state index contributed by atoms with van der Waals surface area (Å²) >= 11 is 3.37. The van der Waals surface area contributed by atoms with Crippen LogP contribution in [0.15, 0.2) is 53.0 Å². The molecule has 0 N–H and O–H groups in total. The Labute approximate surface area is 155 Å². The van der Waals surface area contributed by atoms with Crippen molar-refractivity contribution in [2.45, 2.75) is 6.54 Å². The van der Waals surface area contributed by atoms with Gasteiger partial charge in [0.15, 0.2) is 6.61 Å². The number of carbonyl (C=O) groups is 1. The lowest BCUT2D eigenvalue weighted by molar-refractivity contribution is -0.135. The van der Waals surface area contributed by atoms with Crippen molar-refractivity contribution < 1.29 is 13.9 Å². The number of rotatable bonds is 5. The minimum Gasteiger partial charge on any atom is -0.484 e. The standard InChI is InChI=1S/C19H20BrFN2O2/c20-16-4-6-18(7-5-16)25-14-19(24)23-10-8-22(9-11-23)13-15-2-1-3-17(21)12-15/h1-7,12H,8-11,13-14H2. The Morgan fingerprint density at radius 2 is 1.80 bits per heavy atom. The molecule has 1 aliphatic heterocycles. The quantitative estimate of drug-likeness (QED) is 0.763. The topological polar surface area (TPSA) is 32.8 Å². The summed E-state index contributed by atoms with van der Waals surface area (Å²) in [6.45, 7) is 3.64. The number of carbonyl (C=O) groups excluding carboxylic acids is 1. The zero-order valence-corrected chi connectivity index (χ0v) is 15.4. The third-order valence-electron chi connectivity index (χ3n) is 4.20. The molecule has 2 aromatic rings. The van der Waals surface area contributed by atoms with E-state index in [1.54, 1.807) is 12.1 Å². The SMILES string of the molecule is O=C(COc1ccc(Br)cc1)N1CCN(Cc2cccc(F)c2)CC1. The summed E-state index contributed by atoms with van der Waals surface area (Å²) < 4.78 is 19.8. The Balaban J connectivity index is 1.43. The zero-order valence-electron chi connectivity index (χ0n) is 13.8. The molecule has 3 rings (SSSR count). The molecule has 0 bridgehead atoms. The average Bonchev–Trinajstić information content (AvgIpc) is 2.62. The molecule has 1 saturated heterocycles. The van der Waals surface area contributed by atoms with Gasteiger partial charge in [-0.2, -0.15) is 0 Å². The lowest BCUT2D eigenvalue weighted by Gasteiger charge is -2.34. The molecule has 0 aromatic heterocycles. The molecule has 0 spiro atoms. The van der Waals surface area contributed by atoms with E-state index >= 15 is 0 Å². The maximum absolute atomic E-state index is 13.2. The Hall–Kier alpha value is -1.92. The number of hydrogen-bond acceptors (Lipinski definition) is 3. The van der Waals surface area contributed by atoms with Gasteiger partial charge in [-0.05, 0) is 42.0 Å². The van der Waals surface area contributed by atoms with E-state index in [-0.39, 0.29) is 18.3 Å². The first-order valence-corrected chi connectivity index (χ1v) is 9.02. The van der Waals surface area contributed by atoms with E-state index < -0.39 is 0 Å². The third kappa shape index (κ3) is 5.28. The molecule has 1 fully saturated rings. The van der Waals surface area contributed by atoms with Crippen molar-refractivity contribution in [1.82, 2.24) is 9.80 Å². The fourth-order valence-corrected chi connectivity index (χ4v) is 3.08. The molecule has 25 heavy (non-hydrogen) atoms. The van der Waals surface area contributed by atoms with Crippen molar-refractivity contribution in [3.63, 3.8) is 0 Å². The number of amides is 1. The lowest BCUT2D eigenvalue weighted by Crippen LogP contribution is -2.49. The zero-order chi connectivity index (χ0) is 17.6. The van der Waals surface area contributed by atoms with Crippen molar-refractivity contribution >= 4 is 21.8 Å². The van der Waals surface area contributed by atoms with Gasteiger partial charge in [0.1, 0.15) is 11.6 Å². The van der Waals surface area contributed by atoms with Crippen LogP contribution in [-0.4, -0.2) is 48.5 Å². The lowest BCUT2D eigenvalue weighted by atomic mass is 10.2. The number of piperazine rings is 1. The van der Waals surface area contributed by atoms with Crippen LogP contribution in [0.2, 0.25) is 0 Å². The molecule has 4 nitrogen and oxygen atoms in total. The van der Waals surface area contributed by atoms with E-state index in [1.165, 1.54) is 6.07 Å². The molecular weight excluding hydrogens is 387 g/mol. The molecule has 0 saturated carbocycles. The number of halogens is 2. The summed E-state index contributed by atoms with van der Waals surface area (Å²) in [5, 5.41) is 0.